The quantitative estimate of drug-likeness (QED) is 0.520. The number of carbonyl (C=O) groups is 1. The van der Waals surface area contributed by atoms with Gasteiger partial charge >= 0.3 is 13.1 Å². The van der Waals surface area contributed by atoms with Gasteiger partial charge in [-0.05, 0) is 44.6 Å². The van der Waals surface area contributed by atoms with Crippen LogP contribution in [0, 0.1) is 17.3 Å². The monoisotopic (exact) mass is 372 g/mol. The van der Waals surface area contributed by atoms with E-state index in [2.05, 4.69) is 13.8 Å². The fraction of sp³-hybridized carbons (Fsp3) is 0.929. The van der Waals surface area contributed by atoms with Crippen molar-refractivity contribution in [3.05, 3.63) is 0 Å². The molecule has 0 aromatic heterocycles. The van der Waals surface area contributed by atoms with Crippen LogP contribution in [0.1, 0.15) is 33.1 Å². The minimum absolute atomic E-state index is 0. The first-order valence-electron chi connectivity index (χ1n) is 7.52. The normalized spacial score (nSPS) is 29.4. The van der Waals surface area contributed by atoms with E-state index in [0.29, 0.717) is 19.4 Å². The number of halogens is 2. The zero-order chi connectivity index (χ0) is 16.4. The molecule has 1 aliphatic carbocycles. The molecule has 0 bridgehead atoms. The van der Waals surface area contributed by atoms with E-state index in [1.54, 1.807) is 0 Å². The molecule has 3 atom stereocenters. The lowest BCUT2D eigenvalue weighted by Gasteiger charge is -2.50. The number of nitrogens with zero attached hydrogens (tertiary/aromatic N) is 1. The Balaban J connectivity index is 0. The topological polar surface area (TPSA) is 107 Å². The fourth-order valence-electron chi connectivity index (χ4n) is 3.61. The van der Waals surface area contributed by atoms with Crippen molar-refractivity contribution < 1.29 is 19.9 Å². The van der Waals surface area contributed by atoms with E-state index in [-0.39, 0.29) is 48.4 Å². The van der Waals surface area contributed by atoms with Gasteiger partial charge in [-0.3, -0.25) is 4.79 Å². The van der Waals surface area contributed by atoms with Crippen LogP contribution in [0.5, 0.6) is 0 Å². The summed E-state index contributed by atoms with van der Waals surface area (Å²) in [6.07, 6.45) is 1.93. The van der Waals surface area contributed by atoms with Gasteiger partial charge in [0.05, 0.1) is 0 Å². The first kappa shape index (κ1) is 25.2. The lowest BCUT2D eigenvalue weighted by atomic mass is 9.56. The SMILES string of the molecule is CN(C)CC1CC(C)(C)C(CCB(O)O)CC1(N)C(=O)O.Cl.Cl. The minimum Gasteiger partial charge on any atom is -0.480 e. The number of carboxylic acids is 1. The molecule has 0 amide bonds. The highest BCUT2D eigenvalue weighted by Gasteiger charge is 2.52. The second-order valence-electron chi connectivity index (χ2n) is 7.46. The standard InChI is InChI=1S/C14H29BN2O4.2ClH/c1-13(2)7-11(9-17(3)4)14(16,12(18)19)8-10(13)5-6-15(20)21;;/h10-11,20-21H,5-9,16H2,1-4H3,(H,18,19);2*1H. The summed E-state index contributed by atoms with van der Waals surface area (Å²) >= 11 is 0. The molecule has 0 spiro atoms. The van der Waals surface area contributed by atoms with E-state index in [4.69, 9.17) is 15.8 Å². The third-order valence-corrected chi connectivity index (χ3v) is 4.95. The van der Waals surface area contributed by atoms with Crippen molar-refractivity contribution >= 4 is 37.9 Å². The Morgan fingerprint density at radius 3 is 2.13 bits per heavy atom. The average molecular weight is 373 g/mol. The van der Waals surface area contributed by atoms with Crippen molar-refractivity contribution in [3.63, 3.8) is 0 Å². The van der Waals surface area contributed by atoms with Gasteiger partial charge in [0.1, 0.15) is 5.54 Å². The summed E-state index contributed by atoms with van der Waals surface area (Å²) in [6, 6.07) is 0. The lowest BCUT2D eigenvalue weighted by Crippen LogP contribution is -2.62. The van der Waals surface area contributed by atoms with Gasteiger partial charge in [0, 0.05) is 12.5 Å². The van der Waals surface area contributed by atoms with Crippen molar-refractivity contribution in [2.24, 2.45) is 23.0 Å². The molecular weight excluding hydrogens is 342 g/mol. The van der Waals surface area contributed by atoms with Gasteiger partial charge in [-0.15, -0.1) is 24.8 Å². The summed E-state index contributed by atoms with van der Waals surface area (Å²) in [4.78, 5) is 13.7. The van der Waals surface area contributed by atoms with Crippen molar-refractivity contribution in [2.75, 3.05) is 20.6 Å². The Labute approximate surface area is 151 Å². The highest BCUT2D eigenvalue weighted by molar-refractivity contribution is 6.40. The number of aliphatic carboxylic acids is 1. The molecule has 1 saturated carbocycles. The summed E-state index contributed by atoms with van der Waals surface area (Å²) in [5, 5.41) is 27.7. The maximum absolute atomic E-state index is 11.7. The van der Waals surface area contributed by atoms with E-state index < -0.39 is 18.6 Å². The maximum atomic E-state index is 11.7. The van der Waals surface area contributed by atoms with Gasteiger partial charge in [0.15, 0.2) is 0 Å². The third kappa shape index (κ3) is 6.40. The Kier molecular flexibility index (Phi) is 10.3. The zero-order valence-electron chi connectivity index (χ0n) is 14.4. The number of hydrogen-bond donors (Lipinski definition) is 4. The number of rotatable bonds is 6. The number of carboxylic acid groups (broad SMARTS) is 1. The number of hydrogen-bond acceptors (Lipinski definition) is 5. The van der Waals surface area contributed by atoms with Crippen LogP contribution in [-0.2, 0) is 4.79 Å². The molecule has 3 unspecified atom stereocenters. The Morgan fingerprint density at radius 1 is 1.22 bits per heavy atom. The highest BCUT2D eigenvalue weighted by atomic mass is 35.5. The summed E-state index contributed by atoms with van der Waals surface area (Å²) in [6.45, 7) is 4.87. The molecule has 0 aromatic rings. The summed E-state index contributed by atoms with van der Waals surface area (Å²) in [5.74, 6) is -1.01. The van der Waals surface area contributed by atoms with Gasteiger partial charge < -0.3 is 25.8 Å². The van der Waals surface area contributed by atoms with Crippen LogP contribution in [0.15, 0.2) is 0 Å². The fourth-order valence-corrected chi connectivity index (χ4v) is 3.61. The second-order valence-corrected chi connectivity index (χ2v) is 7.46. The van der Waals surface area contributed by atoms with Crippen molar-refractivity contribution in [2.45, 2.75) is 45.0 Å². The van der Waals surface area contributed by atoms with Crippen LogP contribution in [0.2, 0.25) is 6.32 Å². The lowest BCUT2D eigenvalue weighted by molar-refractivity contribution is -0.151. The smallest absolute Gasteiger partial charge is 0.451 e. The molecule has 0 saturated heterocycles. The van der Waals surface area contributed by atoms with Crippen LogP contribution in [0.3, 0.4) is 0 Å². The van der Waals surface area contributed by atoms with Gasteiger partial charge in [-0.25, -0.2) is 0 Å². The van der Waals surface area contributed by atoms with Gasteiger partial charge in [0.25, 0.3) is 0 Å². The molecule has 1 rings (SSSR count). The first-order chi connectivity index (χ1) is 9.49. The van der Waals surface area contributed by atoms with Crippen LogP contribution in [0.4, 0.5) is 0 Å². The molecule has 23 heavy (non-hydrogen) atoms. The first-order valence-corrected chi connectivity index (χ1v) is 7.52. The van der Waals surface area contributed by atoms with Crippen LogP contribution in [-0.4, -0.2) is 59.3 Å². The molecule has 0 aromatic carbocycles. The second kappa shape index (κ2) is 9.44. The van der Waals surface area contributed by atoms with Crippen LogP contribution in [0.25, 0.3) is 0 Å². The van der Waals surface area contributed by atoms with Gasteiger partial charge in [0.2, 0.25) is 0 Å². The zero-order valence-corrected chi connectivity index (χ0v) is 16.0. The van der Waals surface area contributed by atoms with E-state index in [1.807, 2.05) is 19.0 Å². The molecule has 138 valence electrons. The summed E-state index contributed by atoms with van der Waals surface area (Å²) in [5.41, 5.74) is 4.95. The summed E-state index contributed by atoms with van der Waals surface area (Å²) in [7, 11) is 2.49. The molecule has 1 aliphatic rings. The minimum atomic E-state index is -1.35. The molecular formula is C14H31BCl2N2O4. The molecule has 0 aliphatic heterocycles. The Bertz CT molecular complexity index is 386. The van der Waals surface area contributed by atoms with Gasteiger partial charge in [-0.2, -0.15) is 0 Å². The molecule has 9 heteroatoms. The Hall–Kier alpha value is -0.0451. The Morgan fingerprint density at radius 2 is 1.74 bits per heavy atom. The average Bonchev–Trinajstić information content (AvgIpc) is 2.30. The van der Waals surface area contributed by atoms with Crippen molar-refractivity contribution in [3.8, 4) is 0 Å². The van der Waals surface area contributed by atoms with E-state index in [1.165, 1.54) is 0 Å². The molecule has 0 heterocycles. The van der Waals surface area contributed by atoms with Crippen molar-refractivity contribution in [1.29, 1.82) is 0 Å². The predicted octanol–water partition coefficient (Wildman–Crippen LogP) is 1.09. The largest absolute Gasteiger partial charge is 0.480 e. The molecule has 1 fully saturated rings. The molecule has 6 nitrogen and oxygen atoms in total. The van der Waals surface area contributed by atoms with E-state index in [0.717, 1.165) is 6.42 Å². The molecule has 5 N–H and O–H groups in total. The maximum Gasteiger partial charge on any atom is 0.451 e. The van der Waals surface area contributed by atoms with Crippen LogP contribution < -0.4 is 5.73 Å². The van der Waals surface area contributed by atoms with E-state index >= 15 is 0 Å². The van der Waals surface area contributed by atoms with E-state index in [9.17, 15) is 9.90 Å². The highest BCUT2D eigenvalue weighted by Crippen LogP contribution is 2.49. The predicted molar refractivity (Wildman–Crippen MR) is 97.2 cm³/mol. The number of nitrogens with two attached hydrogens (primary N) is 1. The van der Waals surface area contributed by atoms with Gasteiger partial charge in [-0.1, -0.05) is 20.3 Å². The van der Waals surface area contributed by atoms with Crippen molar-refractivity contribution in [1.82, 2.24) is 4.90 Å². The summed E-state index contributed by atoms with van der Waals surface area (Å²) < 4.78 is 0. The van der Waals surface area contributed by atoms with Crippen LogP contribution >= 0.6 is 24.8 Å². The molecule has 0 radical (unpaired) electrons. The third-order valence-electron chi connectivity index (χ3n) is 4.95.